The molecule has 3 nitrogen and oxygen atoms in total. The largest absolute Gasteiger partial charge is 0.465 e. The SMILES string of the molecule is Nc1cccc(CCC(=O)OCCc2ccccc2)c1. The van der Waals surface area contributed by atoms with E-state index in [-0.39, 0.29) is 5.97 Å². The molecule has 0 spiro atoms. The summed E-state index contributed by atoms with van der Waals surface area (Å²) in [6.07, 6.45) is 1.80. The summed E-state index contributed by atoms with van der Waals surface area (Å²) < 4.78 is 5.23. The van der Waals surface area contributed by atoms with Gasteiger partial charge >= 0.3 is 5.97 Å². The van der Waals surface area contributed by atoms with Gasteiger partial charge in [0.05, 0.1) is 6.61 Å². The van der Waals surface area contributed by atoms with E-state index >= 15 is 0 Å². The lowest BCUT2D eigenvalue weighted by Crippen LogP contribution is -2.08. The van der Waals surface area contributed by atoms with Gasteiger partial charge in [-0.2, -0.15) is 0 Å². The van der Waals surface area contributed by atoms with Gasteiger partial charge in [0, 0.05) is 18.5 Å². The van der Waals surface area contributed by atoms with Crippen LogP contribution in [0.1, 0.15) is 17.5 Å². The summed E-state index contributed by atoms with van der Waals surface area (Å²) >= 11 is 0. The van der Waals surface area contributed by atoms with Gasteiger partial charge in [0.15, 0.2) is 0 Å². The van der Waals surface area contributed by atoms with Crippen molar-refractivity contribution in [3.63, 3.8) is 0 Å². The third kappa shape index (κ3) is 4.76. The van der Waals surface area contributed by atoms with Gasteiger partial charge in [0.25, 0.3) is 0 Å². The molecule has 0 saturated heterocycles. The summed E-state index contributed by atoms with van der Waals surface area (Å²) in [6.45, 7) is 0.430. The predicted molar refractivity (Wildman–Crippen MR) is 80.3 cm³/mol. The lowest BCUT2D eigenvalue weighted by Gasteiger charge is -2.05. The number of benzene rings is 2. The van der Waals surface area contributed by atoms with Crippen molar-refractivity contribution < 1.29 is 9.53 Å². The van der Waals surface area contributed by atoms with E-state index in [1.807, 2.05) is 54.6 Å². The number of nitrogens with two attached hydrogens (primary N) is 1. The number of nitrogen functional groups attached to an aromatic ring is 1. The fraction of sp³-hybridized carbons (Fsp3) is 0.235. The van der Waals surface area contributed by atoms with E-state index in [1.165, 1.54) is 5.56 Å². The number of esters is 1. The first-order valence-electron chi connectivity index (χ1n) is 6.78. The number of hydrogen-bond acceptors (Lipinski definition) is 3. The maximum Gasteiger partial charge on any atom is 0.306 e. The molecular weight excluding hydrogens is 250 g/mol. The van der Waals surface area contributed by atoms with Crippen molar-refractivity contribution in [1.29, 1.82) is 0 Å². The summed E-state index contributed by atoms with van der Waals surface area (Å²) in [5.74, 6) is -0.164. The van der Waals surface area contributed by atoms with Gasteiger partial charge in [0.2, 0.25) is 0 Å². The molecule has 0 aliphatic rings. The molecule has 0 radical (unpaired) electrons. The Kier molecular flexibility index (Phi) is 5.18. The highest BCUT2D eigenvalue weighted by molar-refractivity contribution is 5.69. The van der Waals surface area contributed by atoms with E-state index in [2.05, 4.69) is 0 Å². The van der Waals surface area contributed by atoms with Crippen molar-refractivity contribution in [1.82, 2.24) is 0 Å². The third-order valence-corrected chi connectivity index (χ3v) is 3.07. The van der Waals surface area contributed by atoms with Gasteiger partial charge in [0.1, 0.15) is 0 Å². The fourth-order valence-electron chi connectivity index (χ4n) is 1.99. The van der Waals surface area contributed by atoms with Crippen LogP contribution in [0.15, 0.2) is 54.6 Å². The number of hydrogen-bond donors (Lipinski definition) is 1. The molecule has 3 heteroatoms. The number of aryl methyl sites for hydroxylation is 1. The molecule has 0 amide bonds. The monoisotopic (exact) mass is 269 g/mol. The average molecular weight is 269 g/mol. The van der Waals surface area contributed by atoms with Crippen molar-refractivity contribution in [3.05, 3.63) is 65.7 Å². The van der Waals surface area contributed by atoms with Crippen LogP contribution in [0.2, 0.25) is 0 Å². The van der Waals surface area contributed by atoms with Crippen molar-refractivity contribution in [2.75, 3.05) is 12.3 Å². The van der Waals surface area contributed by atoms with Crippen molar-refractivity contribution in [3.8, 4) is 0 Å². The molecule has 2 aromatic rings. The van der Waals surface area contributed by atoms with Crippen LogP contribution in [0.25, 0.3) is 0 Å². The summed E-state index contributed by atoms with van der Waals surface area (Å²) in [7, 11) is 0. The molecule has 20 heavy (non-hydrogen) atoms. The Bertz CT molecular complexity index is 552. The molecule has 0 fully saturated rings. The van der Waals surface area contributed by atoms with Crippen LogP contribution in [-0.2, 0) is 22.4 Å². The first-order valence-corrected chi connectivity index (χ1v) is 6.78. The van der Waals surface area contributed by atoms with E-state index < -0.39 is 0 Å². The van der Waals surface area contributed by atoms with Crippen LogP contribution >= 0.6 is 0 Å². The topological polar surface area (TPSA) is 52.3 Å². The Hall–Kier alpha value is -2.29. The molecule has 2 rings (SSSR count). The predicted octanol–water partition coefficient (Wildman–Crippen LogP) is 2.99. The van der Waals surface area contributed by atoms with Crippen LogP contribution in [0, 0.1) is 0 Å². The highest BCUT2D eigenvalue weighted by Gasteiger charge is 2.04. The van der Waals surface area contributed by atoms with Crippen LogP contribution in [0.3, 0.4) is 0 Å². The lowest BCUT2D eigenvalue weighted by molar-refractivity contribution is -0.143. The maximum absolute atomic E-state index is 11.6. The van der Waals surface area contributed by atoms with Crippen LogP contribution in [0.4, 0.5) is 5.69 Å². The molecule has 0 heterocycles. The summed E-state index contributed by atoms with van der Waals surface area (Å²) in [5, 5.41) is 0. The molecule has 0 aliphatic carbocycles. The van der Waals surface area contributed by atoms with Crippen LogP contribution in [0.5, 0.6) is 0 Å². The van der Waals surface area contributed by atoms with E-state index in [1.54, 1.807) is 0 Å². The number of ether oxygens (including phenoxy) is 1. The molecule has 0 aliphatic heterocycles. The van der Waals surface area contributed by atoms with Gasteiger partial charge in [-0.1, -0.05) is 42.5 Å². The quantitative estimate of drug-likeness (QED) is 0.648. The molecule has 2 aromatic carbocycles. The van der Waals surface area contributed by atoms with E-state index in [4.69, 9.17) is 10.5 Å². The molecule has 0 unspecified atom stereocenters. The zero-order chi connectivity index (χ0) is 14.2. The molecule has 0 aromatic heterocycles. The first kappa shape index (κ1) is 14.1. The molecular formula is C17H19NO2. The van der Waals surface area contributed by atoms with Gasteiger partial charge in [-0.05, 0) is 29.7 Å². The minimum atomic E-state index is -0.164. The number of rotatable bonds is 6. The van der Waals surface area contributed by atoms with Crippen LogP contribution in [-0.4, -0.2) is 12.6 Å². The van der Waals surface area contributed by atoms with Crippen molar-refractivity contribution in [2.45, 2.75) is 19.3 Å². The Morgan fingerprint density at radius 3 is 2.45 bits per heavy atom. The Morgan fingerprint density at radius 2 is 1.70 bits per heavy atom. The summed E-state index contributed by atoms with van der Waals surface area (Å²) in [5.41, 5.74) is 8.65. The van der Waals surface area contributed by atoms with Gasteiger partial charge in [-0.15, -0.1) is 0 Å². The summed E-state index contributed by atoms with van der Waals surface area (Å²) in [4.78, 5) is 11.6. The van der Waals surface area contributed by atoms with Gasteiger partial charge in [-0.3, -0.25) is 4.79 Å². The first-order chi connectivity index (χ1) is 9.74. The second kappa shape index (κ2) is 7.34. The number of carbonyl (C=O) groups is 1. The number of carbonyl (C=O) groups excluding carboxylic acids is 1. The minimum Gasteiger partial charge on any atom is -0.465 e. The van der Waals surface area contributed by atoms with E-state index in [9.17, 15) is 4.79 Å². The zero-order valence-electron chi connectivity index (χ0n) is 11.4. The van der Waals surface area contributed by atoms with E-state index in [0.717, 1.165) is 17.7 Å². The normalized spacial score (nSPS) is 10.2. The highest BCUT2D eigenvalue weighted by atomic mass is 16.5. The summed E-state index contributed by atoms with van der Waals surface area (Å²) in [6, 6.07) is 17.6. The molecule has 0 bridgehead atoms. The highest BCUT2D eigenvalue weighted by Crippen LogP contribution is 2.09. The number of anilines is 1. The second-order valence-electron chi connectivity index (χ2n) is 4.70. The standard InChI is InChI=1S/C17H19NO2/c18-16-8-4-7-15(13-16)9-10-17(19)20-12-11-14-5-2-1-3-6-14/h1-8,13H,9-12,18H2. The van der Waals surface area contributed by atoms with Crippen molar-refractivity contribution in [2.24, 2.45) is 0 Å². The minimum absolute atomic E-state index is 0.164. The van der Waals surface area contributed by atoms with Gasteiger partial charge in [-0.25, -0.2) is 0 Å². The average Bonchev–Trinajstić information content (AvgIpc) is 2.46. The van der Waals surface area contributed by atoms with Crippen molar-refractivity contribution >= 4 is 11.7 Å². The molecule has 104 valence electrons. The molecule has 2 N–H and O–H groups in total. The molecule has 0 saturated carbocycles. The second-order valence-corrected chi connectivity index (χ2v) is 4.70. The Labute approximate surface area is 119 Å². The molecule has 0 atom stereocenters. The third-order valence-electron chi connectivity index (χ3n) is 3.07. The van der Waals surface area contributed by atoms with Crippen LogP contribution < -0.4 is 5.73 Å². The Morgan fingerprint density at radius 1 is 0.950 bits per heavy atom. The maximum atomic E-state index is 11.6. The lowest BCUT2D eigenvalue weighted by atomic mass is 10.1. The Balaban J connectivity index is 1.68. The van der Waals surface area contributed by atoms with Gasteiger partial charge < -0.3 is 10.5 Å². The zero-order valence-corrected chi connectivity index (χ0v) is 11.4. The smallest absolute Gasteiger partial charge is 0.306 e. The van der Waals surface area contributed by atoms with E-state index in [0.29, 0.717) is 19.4 Å². The fourth-order valence-corrected chi connectivity index (χ4v) is 1.99.